The minimum absolute atomic E-state index is 0.320. The molecular weight excluding hydrogens is 292 g/mol. The summed E-state index contributed by atoms with van der Waals surface area (Å²) in [6, 6.07) is 14.7. The van der Waals surface area contributed by atoms with E-state index in [2.05, 4.69) is 15.4 Å². The number of carbonyl (C=O) groups is 2. The first-order chi connectivity index (χ1) is 11.1. The van der Waals surface area contributed by atoms with E-state index in [0.29, 0.717) is 18.1 Å². The number of benzene rings is 1. The Kier molecular flexibility index (Phi) is 4.14. The van der Waals surface area contributed by atoms with Gasteiger partial charge in [0.1, 0.15) is 5.82 Å². The smallest absolute Gasteiger partial charge is 0.261 e. The van der Waals surface area contributed by atoms with E-state index < -0.39 is 11.8 Å². The van der Waals surface area contributed by atoms with Crippen LogP contribution in [0.2, 0.25) is 0 Å². The molecule has 0 fully saturated rings. The maximum atomic E-state index is 12.5. The number of aromatic nitrogens is 1. The highest BCUT2D eigenvalue weighted by Gasteiger charge is 2.39. The first-order valence-electron chi connectivity index (χ1n) is 7.27. The number of hydrazone groups is 1. The maximum absolute atomic E-state index is 12.5. The highest BCUT2D eigenvalue weighted by molar-refractivity contribution is 6.24. The molecule has 23 heavy (non-hydrogen) atoms. The average molecular weight is 308 g/mol. The van der Waals surface area contributed by atoms with Crippen LogP contribution in [0.15, 0.2) is 59.8 Å². The predicted octanol–water partition coefficient (Wildman–Crippen LogP) is 2.05. The van der Waals surface area contributed by atoms with Gasteiger partial charge in [0.25, 0.3) is 5.91 Å². The minimum atomic E-state index is -0.902. The molecule has 0 radical (unpaired) electrons. The van der Waals surface area contributed by atoms with Crippen molar-refractivity contribution in [3.63, 3.8) is 0 Å². The van der Waals surface area contributed by atoms with Crippen LogP contribution in [0, 0.1) is 5.92 Å². The number of nitrogens with one attached hydrogen (secondary N) is 1. The second-order valence-corrected chi connectivity index (χ2v) is 5.26. The molecule has 0 spiro atoms. The standard InChI is InChI=1S/C17H16N4O2/c1-12-15(16(22)19-14-9-5-6-10-18-14)17(23)21(20-12)11-13-7-3-2-4-8-13/h2-10,15H,11H2,1H3,(H,18,19,22)/t15-/m0/s1. The van der Waals surface area contributed by atoms with E-state index >= 15 is 0 Å². The number of hydrogen-bond donors (Lipinski definition) is 1. The number of anilines is 1. The monoisotopic (exact) mass is 308 g/mol. The lowest BCUT2D eigenvalue weighted by Crippen LogP contribution is -2.36. The summed E-state index contributed by atoms with van der Waals surface area (Å²) in [5.41, 5.74) is 1.45. The van der Waals surface area contributed by atoms with Gasteiger partial charge < -0.3 is 5.32 Å². The van der Waals surface area contributed by atoms with Crippen molar-refractivity contribution in [1.29, 1.82) is 0 Å². The van der Waals surface area contributed by atoms with E-state index in [-0.39, 0.29) is 5.91 Å². The lowest BCUT2D eigenvalue weighted by molar-refractivity contribution is -0.136. The summed E-state index contributed by atoms with van der Waals surface area (Å²) in [5, 5.41) is 8.22. The van der Waals surface area contributed by atoms with Crippen molar-refractivity contribution in [2.24, 2.45) is 11.0 Å². The Balaban J connectivity index is 1.71. The van der Waals surface area contributed by atoms with Gasteiger partial charge in [-0.1, -0.05) is 36.4 Å². The number of carbonyl (C=O) groups excluding carboxylic acids is 2. The second-order valence-electron chi connectivity index (χ2n) is 5.26. The average Bonchev–Trinajstić information content (AvgIpc) is 2.83. The quantitative estimate of drug-likeness (QED) is 0.878. The first kappa shape index (κ1) is 14.9. The van der Waals surface area contributed by atoms with Crippen LogP contribution in [0.4, 0.5) is 5.82 Å². The third-order valence-electron chi connectivity index (χ3n) is 3.55. The predicted molar refractivity (Wildman–Crippen MR) is 86.5 cm³/mol. The maximum Gasteiger partial charge on any atom is 0.261 e. The Hall–Kier alpha value is -3.02. The Morgan fingerprint density at radius 2 is 1.91 bits per heavy atom. The van der Waals surface area contributed by atoms with Crippen molar-refractivity contribution in [2.45, 2.75) is 13.5 Å². The van der Waals surface area contributed by atoms with E-state index in [1.807, 2.05) is 30.3 Å². The summed E-state index contributed by atoms with van der Waals surface area (Å²) in [5.74, 6) is -1.22. The van der Waals surface area contributed by atoms with Crippen molar-refractivity contribution in [2.75, 3.05) is 5.32 Å². The molecule has 116 valence electrons. The molecule has 1 aromatic carbocycles. The first-order valence-corrected chi connectivity index (χ1v) is 7.27. The minimum Gasteiger partial charge on any atom is -0.310 e. The third kappa shape index (κ3) is 3.26. The Labute approximate surface area is 133 Å². The molecular formula is C17H16N4O2. The van der Waals surface area contributed by atoms with Crippen molar-refractivity contribution in [3.8, 4) is 0 Å². The topological polar surface area (TPSA) is 74.7 Å². The highest BCUT2D eigenvalue weighted by Crippen LogP contribution is 2.20. The summed E-state index contributed by atoms with van der Waals surface area (Å²) in [6.07, 6.45) is 1.58. The molecule has 0 unspecified atom stereocenters. The summed E-state index contributed by atoms with van der Waals surface area (Å²) in [6.45, 7) is 2.04. The fraction of sp³-hybridized carbons (Fsp3) is 0.176. The summed E-state index contributed by atoms with van der Waals surface area (Å²) >= 11 is 0. The summed E-state index contributed by atoms with van der Waals surface area (Å²) < 4.78 is 0. The van der Waals surface area contributed by atoms with Crippen LogP contribution in [0.3, 0.4) is 0 Å². The molecule has 0 saturated heterocycles. The van der Waals surface area contributed by atoms with Gasteiger partial charge in [-0.3, -0.25) is 9.59 Å². The van der Waals surface area contributed by atoms with Gasteiger partial charge >= 0.3 is 0 Å². The molecule has 1 N–H and O–H groups in total. The van der Waals surface area contributed by atoms with Crippen LogP contribution in [0.25, 0.3) is 0 Å². The van der Waals surface area contributed by atoms with Crippen molar-refractivity contribution in [3.05, 3.63) is 60.3 Å². The highest BCUT2D eigenvalue weighted by atomic mass is 16.2. The van der Waals surface area contributed by atoms with Crippen molar-refractivity contribution < 1.29 is 9.59 Å². The number of nitrogens with zero attached hydrogens (tertiary/aromatic N) is 3. The van der Waals surface area contributed by atoms with E-state index in [9.17, 15) is 9.59 Å². The Bertz CT molecular complexity index is 744. The zero-order chi connectivity index (χ0) is 16.2. The molecule has 1 aliphatic rings. The third-order valence-corrected chi connectivity index (χ3v) is 3.55. The fourth-order valence-corrected chi connectivity index (χ4v) is 2.43. The SMILES string of the molecule is CC1=NN(Cc2ccccc2)C(=O)[C@@H]1C(=O)Nc1ccccn1. The van der Waals surface area contributed by atoms with E-state index in [1.165, 1.54) is 5.01 Å². The lowest BCUT2D eigenvalue weighted by atomic mass is 10.0. The molecule has 3 rings (SSSR count). The molecule has 6 nitrogen and oxygen atoms in total. The fourth-order valence-electron chi connectivity index (χ4n) is 2.43. The van der Waals surface area contributed by atoms with Crippen LogP contribution >= 0.6 is 0 Å². The molecule has 2 heterocycles. The number of amides is 2. The van der Waals surface area contributed by atoms with Crippen LogP contribution < -0.4 is 5.32 Å². The van der Waals surface area contributed by atoms with Crippen molar-refractivity contribution >= 4 is 23.3 Å². The molecule has 0 aliphatic carbocycles. The normalized spacial score (nSPS) is 17.1. The lowest BCUT2D eigenvalue weighted by Gasteiger charge is -2.14. The van der Waals surface area contributed by atoms with Gasteiger partial charge in [0.2, 0.25) is 5.91 Å². The van der Waals surface area contributed by atoms with Gasteiger partial charge in [-0.2, -0.15) is 5.10 Å². The number of pyridine rings is 1. The van der Waals surface area contributed by atoms with Crippen molar-refractivity contribution in [1.82, 2.24) is 9.99 Å². The Morgan fingerprint density at radius 3 is 2.61 bits per heavy atom. The van der Waals surface area contributed by atoms with E-state index in [0.717, 1.165) is 5.56 Å². The molecule has 2 aromatic rings. The largest absolute Gasteiger partial charge is 0.310 e. The number of hydrogen-bond acceptors (Lipinski definition) is 4. The molecule has 1 aliphatic heterocycles. The Morgan fingerprint density at radius 1 is 1.17 bits per heavy atom. The summed E-state index contributed by atoms with van der Waals surface area (Å²) in [4.78, 5) is 28.9. The van der Waals surface area contributed by atoms with Crippen LogP contribution in [-0.2, 0) is 16.1 Å². The van der Waals surface area contributed by atoms with Gasteiger partial charge in [0.15, 0.2) is 5.92 Å². The molecule has 1 atom stereocenters. The molecule has 2 amide bonds. The van der Waals surface area contributed by atoms with Crippen LogP contribution in [0.1, 0.15) is 12.5 Å². The van der Waals surface area contributed by atoms with Gasteiger partial charge in [0, 0.05) is 6.20 Å². The van der Waals surface area contributed by atoms with Crippen LogP contribution in [0.5, 0.6) is 0 Å². The summed E-state index contributed by atoms with van der Waals surface area (Å²) in [7, 11) is 0. The van der Waals surface area contributed by atoms with E-state index in [4.69, 9.17) is 0 Å². The molecule has 0 saturated carbocycles. The van der Waals surface area contributed by atoms with Crippen LogP contribution in [-0.4, -0.2) is 27.5 Å². The molecule has 1 aromatic heterocycles. The molecule has 0 bridgehead atoms. The zero-order valence-corrected chi connectivity index (χ0v) is 12.6. The second kappa shape index (κ2) is 6.39. The zero-order valence-electron chi connectivity index (χ0n) is 12.6. The van der Waals surface area contributed by atoms with Gasteiger partial charge in [0.05, 0.1) is 12.3 Å². The van der Waals surface area contributed by atoms with Gasteiger partial charge in [-0.25, -0.2) is 9.99 Å². The van der Waals surface area contributed by atoms with Gasteiger partial charge in [-0.05, 0) is 24.6 Å². The van der Waals surface area contributed by atoms with E-state index in [1.54, 1.807) is 31.3 Å². The van der Waals surface area contributed by atoms with Gasteiger partial charge in [-0.15, -0.1) is 0 Å². The number of rotatable bonds is 4. The molecule has 6 heteroatoms.